The summed E-state index contributed by atoms with van der Waals surface area (Å²) in [5.74, 6) is 1.50. The fourth-order valence-corrected chi connectivity index (χ4v) is 5.25. The van der Waals surface area contributed by atoms with Gasteiger partial charge in [0, 0.05) is 6.07 Å². The zero-order valence-electron chi connectivity index (χ0n) is 22.3. The fraction of sp³-hybridized carbons (Fsp3) is 0.321. The highest BCUT2D eigenvalue weighted by molar-refractivity contribution is 7.92. The number of sulfonamides is 1. The summed E-state index contributed by atoms with van der Waals surface area (Å²) in [5, 5.41) is 2.89. The number of anilines is 1. The van der Waals surface area contributed by atoms with Gasteiger partial charge in [0.2, 0.25) is 5.91 Å². The van der Waals surface area contributed by atoms with E-state index in [-0.39, 0.29) is 16.7 Å². The molecule has 1 atom stereocenters. The van der Waals surface area contributed by atoms with Gasteiger partial charge >= 0.3 is 0 Å². The van der Waals surface area contributed by atoms with Gasteiger partial charge in [-0.3, -0.25) is 9.10 Å². The Bertz CT molecular complexity index is 1310. The van der Waals surface area contributed by atoms with Gasteiger partial charge in [0.05, 0.1) is 44.1 Å². The van der Waals surface area contributed by atoms with Crippen LogP contribution >= 0.6 is 0 Å². The molecular weight excluding hydrogens is 508 g/mol. The van der Waals surface area contributed by atoms with E-state index in [1.807, 2.05) is 45.0 Å². The number of ether oxygens (including phenoxy) is 4. The molecule has 0 unspecified atom stereocenters. The molecule has 0 saturated heterocycles. The van der Waals surface area contributed by atoms with Crippen molar-refractivity contribution < 1.29 is 32.2 Å². The van der Waals surface area contributed by atoms with Gasteiger partial charge < -0.3 is 24.3 Å². The quantitative estimate of drug-likeness (QED) is 0.337. The van der Waals surface area contributed by atoms with Crippen LogP contribution in [0.5, 0.6) is 23.0 Å². The first-order valence-electron chi connectivity index (χ1n) is 12.2. The third-order valence-corrected chi connectivity index (χ3v) is 7.50. The Kier molecular flexibility index (Phi) is 9.84. The predicted molar refractivity (Wildman–Crippen MR) is 146 cm³/mol. The molecule has 10 heteroatoms. The number of nitrogens with zero attached hydrogens (tertiary/aromatic N) is 1. The number of hydrogen-bond donors (Lipinski definition) is 1. The highest BCUT2D eigenvalue weighted by atomic mass is 32.2. The van der Waals surface area contributed by atoms with E-state index in [0.717, 1.165) is 15.6 Å². The van der Waals surface area contributed by atoms with E-state index in [9.17, 15) is 13.2 Å². The number of hydrogen-bond acceptors (Lipinski definition) is 7. The average molecular weight is 543 g/mol. The maximum Gasteiger partial charge on any atom is 0.264 e. The summed E-state index contributed by atoms with van der Waals surface area (Å²) < 4.78 is 50.2. The van der Waals surface area contributed by atoms with Gasteiger partial charge in [-0.25, -0.2) is 8.42 Å². The molecule has 0 aromatic heterocycles. The third-order valence-electron chi connectivity index (χ3n) is 5.73. The maximum absolute atomic E-state index is 13.8. The fourth-order valence-electron chi connectivity index (χ4n) is 3.81. The summed E-state index contributed by atoms with van der Waals surface area (Å²) in [4.78, 5) is 13.1. The molecule has 0 spiro atoms. The van der Waals surface area contributed by atoms with E-state index >= 15 is 0 Å². The summed E-state index contributed by atoms with van der Waals surface area (Å²) in [6.45, 7) is 6.19. The number of nitrogens with one attached hydrogen (secondary N) is 1. The molecule has 0 fully saturated rings. The van der Waals surface area contributed by atoms with Gasteiger partial charge in [-0.2, -0.15) is 0 Å². The van der Waals surface area contributed by atoms with Crippen LogP contribution in [0.15, 0.2) is 71.6 Å². The van der Waals surface area contributed by atoms with Crippen LogP contribution in [0.4, 0.5) is 5.69 Å². The minimum absolute atomic E-state index is 0.0450. The molecule has 204 valence electrons. The second kappa shape index (κ2) is 13.0. The van der Waals surface area contributed by atoms with Crippen molar-refractivity contribution in [3.63, 3.8) is 0 Å². The SMILES string of the molecule is CCOc1ccc([C@H](C)NC(=O)CN(c2ccc(OCC)cc2)S(=O)(=O)c2ccc(OC)c(OC)c2)cc1. The smallest absolute Gasteiger partial charge is 0.264 e. The lowest BCUT2D eigenvalue weighted by molar-refractivity contribution is -0.120. The molecule has 0 bridgehead atoms. The van der Waals surface area contributed by atoms with Crippen molar-refractivity contribution in [1.29, 1.82) is 0 Å². The van der Waals surface area contributed by atoms with Crippen molar-refractivity contribution in [2.75, 3.05) is 38.3 Å². The Labute approximate surface area is 224 Å². The van der Waals surface area contributed by atoms with Crippen LogP contribution in [0.25, 0.3) is 0 Å². The van der Waals surface area contributed by atoms with Crippen molar-refractivity contribution >= 4 is 21.6 Å². The molecule has 0 aliphatic rings. The van der Waals surface area contributed by atoms with Crippen molar-refractivity contribution in [2.45, 2.75) is 31.7 Å². The van der Waals surface area contributed by atoms with E-state index in [0.29, 0.717) is 30.4 Å². The largest absolute Gasteiger partial charge is 0.494 e. The number of amides is 1. The molecule has 0 aliphatic carbocycles. The highest BCUT2D eigenvalue weighted by Crippen LogP contribution is 2.32. The second-order valence-corrected chi connectivity index (χ2v) is 10.1. The van der Waals surface area contributed by atoms with E-state index in [4.69, 9.17) is 18.9 Å². The lowest BCUT2D eigenvalue weighted by Gasteiger charge is -2.25. The summed E-state index contributed by atoms with van der Waals surface area (Å²) >= 11 is 0. The molecule has 3 rings (SSSR count). The van der Waals surface area contributed by atoms with Crippen LogP contribution in [0, 0.1) is 0 Å². The molecule has 1 amide bonds. The molecule has 9 nitrogen and oxygen atoms in total. The molecule has 3 aromatic rings. The van der Waals surface area contributed by atoms with Crippen molar-refractivity contribution in [2.24, 2.45) is 0 Å². The Morgan fingerprint density at radius 2 is 1.39 bits per heavy atom. The average Bonchev–Trinajstić information content (AvgIpc) is 2.92. The maximum atomic E-state index is 13.8. The summed E-state index contributed by atoms with van der Waals surface area (Å²) in [6.07, 6.45) is 0. The van der Waals surface area contributed by atoms with Crippen LogP contribution < -0.4 is 28.6 Å². The van der Waals surface area contributed by atoms with Crippen molar-refractivity contribution in [3.8, 4) is 23.0 Å². The Balaban J connectivity index is 1.90. The molecule has 0 radical (unpaired) electrons. The van der Waals surface area contributed by atoms with Crippen LogP contribution in [0.3, 0.4) is 0 Å². The third kappa shape index (κ3) is 6.89. The molecule has 0 heterocycles. The molecular formula is C28H34N2O7S. The first kappa shape index (κ1) is 28.6. The summed E-state index contributed by atoms with van der Waals surface area (Å²) in [6, 6.07) is 17.9. The van der Waals surface area contributed by atoms with Crippen LogP contribution in [-0.2, 0) is 14.8 Å². The molecule has 1 N–H and O–H groups in total. The number of rotatable bonds is 13. The lowest BCUT2D eigenvalue weighted by Crippen LogP contribution is -2.41. The molecule has 0 aliphatic heterocycles. The van der Waals surface area contributed by atoms with Gasteiger partial charge in [0.25, 0.3) is 10.0 Å². The van der Waals surface area contributed by atoms with Gasteiger partial charge in [-0.15, -0.1) is 0 Å². The normalized spacial score (nSPS) is 11.8. The summed E-state index contributed by atoms with van der Waals surface area (Å²) in [7, 11) is -1.27. The minimum atomic E-state index is -4.16. The van der Waals surface area contributed by atoms with E-state index < -0.39 is 22.5 Å². The first-order valence-corrected chi connectivity index (χ1v) is 13.7. The molecule has 3 aromatic carbocycles. The second-order valence-electron chi connectivity index (χ2n) is 8.25. The first-order chi connectivity index (χ1) is 18.2. The summed E-state index contributed by atoms with van der Waals surface area (Å²) in [5.41, 5.74) is 1.17. The predicted octanol–water partition coefficient (Wildman–Crippen LogP) is 4.57. The van der Waals surface area contributed by atoms with Gasteiger partial charge in [-0.1, -0.05) is 12.1 Å². The van der Waals surface area contributed by atoms with E-state index in [2.05, 4.69) is 5.32 Å². The van der Waals surface area contributed by atoms with E-state index in [1.165, 1.54) is 32.4 Å². The van der Waals surface area contributed by atoms with E-state index in [1.54, 1.807) is 24.3 Å². The highest BCUT2D eigenvalue weighted by Gasteiger charge is 2.29. The van der Waals surface area contributed by atoms with Crippen molar-refractivity contribution in [1.82, 2.24) is 5.32 Å². The van der Waals surface area contributed by atoms with Gasteiger partial charge in [-0.05, 0) is 74.9 Å². The van der Waals surface area contributed by atoms with Crippen LogP contribution in [-0.4, -0.2) is 48.3 Å². The monoisotopic (exact) mass is 542 g/mol. The Hall–Kier alpha value is -3.92. The molecule has 38 heavy (non-hydrogen) atoms. The van der Waals surface area contributed by atoms with Gasteiger partial charge in [0.15, 0.2) is 11.5 Å². The topological polar surface area (TPSA) is 103 Å². The standard InChI is InChI=1S/C28H34N2O7S/c1-6-36-23-12-8-21(9-13-23)20(3)29-28(31)19-30(22-10-14-24(15-11-22)37-7-2)38(32,33)25-16-17-26(34-4)27(18-25)35-5/h8-18,20H,6-7,19H2,1-5H3,(H,29,31)/t20-/m0/s1. The van der Waals surface area contributed by atoms with Crippen LogP contribution in [0.1, 0.15) is 32.4 Å². The van der Waals surface area contributed by atoms with Crippen LogP contribution in [0.2, 0.25) is 0 Å². The number of carbonyl (C=O) groups excluding carboxylic acids is 1. The molecule has 0 saturated carbocycles. The Morgan fingerprint density at radius 1 is 0.842 bits per heavy atom. The number of benzene rings is 3. The number of methoxy groups -OCH3 is 2. The zero-order valence-corrected chi connectivity index (χ0v) is 23.1. The number of carbonyl (C=O) groups is 1. The van der Waals surface area contributed by atoms with Crippen molar-refractivity contribution in [3.05, 3.63) is 72.3 Å². The zero-order chi connectivity index (χ0) is 27.7. The minimum Gasteiger partial charge on any atom is -0.494 e. The van der Waals surface area contributed by atoms with Gasteiger partial charge in [0.1, 0.15) is 18.0 Å². The lowest BCUT2D eigenvalue weighted by atomic mass is 10.1. The Morgan fingerprint density at radius 3 is 1.92 bits per heavy atom.